The van der Waals surface area contributed by atoms with Crippen LogP contribution < -0.4 is 4.90 Å². The quantitative estimate of drug-likeness (QED) is 0.711. The van der Waals surface area contributed by atoms with Gasteiger partial charge in [-0.15, -0.1) is 0 Å². The number of rotatable bonds is 3. The highest BCUT2D eigenvalue weighted by Gasteiger charge is 2.38. The first-order valence-electron chi connectivity index (χ1n) is 7.34. The molecule has 22 heavy (non-hydrogen) atoms. The van der Waals surface area contributed by atoms with Crippen LogP contribution in [0, 0.1) is 12.8 Å². The van der Waals surface area contributed by atoms with Crippen molar-refractivity contribution in [1.29, 1.82) is 0 Å². The van der Waals surface area contributed by atoms with Gasteiger partial charge in [0.05, 0.1) is 5.92 Å². The summed E-state index contributed by atoms with van der Waals surface area (Å²) in [5, 5.41) is 3.78. The van der Waals surface area contributed by atoms with Gasteiger partial charge < -0.3 is 19.2 Å². The molecule has 8 heteroatoms. The second kappa shape index (κ2) is 5.78. The molecule has 0 aliphatic carbocycles. The molecular formula is C14H19N5O3. The Balaban J connectivity index is 1.49. The normalized spacial score (nSPS) is 19.0. The van der Waals surface area contributed by atoms with Crippen molar-refractivity contribution >= 4 is 17.8 Å². The van der Waals surface area contributed by atoms with Gasteiger partial charge in [-0.05, 0) is 13.0 Å². The van der Waals surface area contributed by atoms with E-state index in [-0.39, 0.29) is 17.7 Å². The van der Waals surface area contributed by atoms with Crippen LogP contribution in [0.1, 0.15) is 5.82 Å². The predicted molar refractivity (Wildman–Crippen MR) is 78.1 cm³/mol. The summed E-state index contributed by atoms with van der Waals surface area (Å²) in [5.41, 5.74) is 0. The van der Waals surface area contributed by atoms with Crippen LogP contribution in [0.3, 0.4) is 0 Å². The summed E-state index contributed by atoms with van der Waals surface area (Å²) in [7, 11) is 0. The summed E-state index contributed by atoms with van der Waals surface area (Å²) in [6, 6.07) is 0.510. The lowest BCUT2D eigenvalue weighted by Crippen LogP contribution is -2.58. The molecule has 0 atom stereocenters. The van der Waals surface area contributed by atoms with Crippen molar-refractivity contribution in [3.05, 3.63) is 18.5 Å². The summed E-state index contributed by atoms with van der Waals surface area (Å²) < 4.78 is 5.14. The van der Waals surface area contributed by atoms with Crippen LogP contribution in [0.2, 0.25) is 0 Å². The maximum Gasteiger partial charge on any atom is 0.324 e. The molecular weight excluding hydrogens is 286 g/mol. The van der Waals surface area contributed by atoms with Crippen molar-refractivity contribution in [1.82, 2.24) is 19.9 Å². The van der Waals surface area contributed by atoms with Gasteiger partial charge in [0.25, 0.3) is 0 Å². The third kappa shape index (κ3) is 2.68. The molecule has 1 aromatic heterocycles. The average Bonchev–Trinajstić information content (AvgIpc) is 2.92. The molecule has 118 valence electrons. The van der Waals surface area contributed by atoms with Crippen LogP contribution in [0.5, 0.6) is 0 Å². The topological polar surface area (TPSA) is 82.8 Å². The first kappa shape index (κ1) is 14.6. The number of anilines is 1. The fourth-order valence-electron chi connectivity index (χ4n) is 2.73. The second-order valence-corrected chi connectivity index (χ2v) is 5.58. The molecule has 2 aliphatic heterocycles. The van der Waals surface area contributed by atoms with Crippen molar-refractivity contribution in [3.63, 3.8) is 0 Å². The van der Waals surface area contributed by atoms with Gasteiger partial charge in [-0.2, -0.15) is 4.98 Å². The maximum atomic E-state index is 12.4. The number of aryl methyl sites for hydroxylation is 1. The van der Waals surface area contributed by atoms with Gasteiger partial charge >= 0.3 is 6.01 Å². The number of carbonyl (C=O) groups excluding carboxylic acids is 2. The molecule has 0 bridgehead atoms. The van der Waals surface area contributed by atoms with Crippen LogP contribution in [-0.4, -0.2) is 71.0 Å². The Hall–Kier alpha value is -2.38. The van der Waals surface area contributed by atoms with Crippen molar-refractivity contribution in [2.24, 2.45) is 5.92 Å². The van der Waals surface area contributed by atoms with Gasteiger partial charge in [0.1, 0.15) is 0 Å². The smallest absolute Gasteiger partial charge is 0.324 e. The average molecular weight is 305 g/mol. The minimum atomic E-state index is -0.111. The van der Waals surface area contributed by atoms with E-state index in [0.29, 0.717) is 51.1 Å². The SMILES string of the molecule is C=CC(=O)N1CC(C(=O)N2CCN(c3nc(C)no3)CC2)C1. The molecule has 2 aliphatic rings. The summed E-state index contributed by atoms with van der Waals surface area (Å²) in [6.07, 6.45) is 1.28. The van der Waals surface area contributed by atoms with Crippen LogP contribution in [0.4, 0.5) is 6.01 Å². The number of hydrogen-bond acceptors (Lipinski definition) is 6. The van der Waals surface area contributed by atoms with Gasteiger partial charge in [0.15, 0.2) is 5.82 Å². The van der Waals surface area contributed by atoms with Crippen molar-refractivity contribution in [2.45, 2.75) is 6.92 Å². The lowest BCUT2D eigenvalue weighted by molar-refractivity contribution is -0.146. The van der Waals surface area contributed by atoms with Crippen LogP contribution in [0.25, 0.3) is 0 Å². The van der Waals surface area contributed by atoms with E-state index in [1.54, 1.807) is 11.8 Å². The van der Waals surface area contributed by atoms with E-state index < -0.39 is 0 Å². The molecule has 1 aromatic rings. The molecule has 0 saturated carbocycles. The first-order valence-corrected chi connectivity index (χ1v) is 7.34. The van der Waals surface area contributed by atoms with Crippen LogP contribution >= 0.6 is 0 Å². The lowest BCUT2D eigenvalue weighted by atomic mass is 9.98. The molecule has 2 fully saturated rings. The molecule has 0 radical (unpaired) electrons. The Labute approximate surface area is 128 Å². The van der Waals surface area contributed by atoms with Gasteiger partial charge in [0.2, 0.25) is 11.8 Å². The van der Waals surface area contributed by atoms with E-state index in [2.05, 4.69) is 16.7 Å². The zero-order chi connectivity index (χ0) is 15.7. The van der Waals surface area contributed by atoms with Crippen molar-refractivity contribution in [3.8, 4) is 0 Å². The van der Waals surface area contributed by atoms with Crippen LogP contribution in [-0.2, 0) is 9.59 Å². The highest BCUT2D eigenvalue weighted by atomic mass is 16.5. The molecule has 0 unspecified atom stereocenters. The summed E-state index contributed by atoms with van der Waals surface area (Å²) in [4.78, 5) is 33.4. The summed E-state index contributed by atoms with van der Waals surface area (Å²) >= 11 is 0. The number of aromatic nitrogens is 2. The minimum absolute atomic E-state index is 0.0823. The summed E-state index contributed by atoms with van der Waals surface area (Å²) in [5.74, 6) is 0.533. The van der Waals surface area contributed by atoms with Crippen molar-refractivity contribution < 1.29 is 14.1 Å². The van der Waals surface area contributed by atoms with Gasteiger partial charge in [0, 0.05) is 39.3 Å². The molecule has 3 rings (SSSR count). The zero-order valence-electron chi connectivity index (χ0n) is 12.6. The van der Waals surface area contributed by atoms with Gasteiger partial charge in [-0.25, -0.2) is 0 Å². The minimum Gasteiger partial charge on any atom is -0.339 e. The lowest BCUT2D eigenvalue weighted by Gasteiger charge is -2.42. The van der Waals surface area contributed by atoms with Crippen LogP contribution in [0.15, 0.2) is 17.2 Å². The number of nitrogens with zero attached hydrogens (tertiary/aromatic N) is 5. The van der Waals surface area contributed by atoms with Crippen molar-refractivity contribution in [2.75, 3.05) is 44.2 Å². The Bertz CT molecular complexity index is 585. The monoisotopic (exact) mass is 305 g/mol. The Morgan fingerprint density at radius 1 is 1.23 bits per heavy atom. The van der Waals surface area contributed by atoms with E-state index >= 15 is 0 Å². The second-order valence-electron chi connectivity index (χ2n) is 5.58. The summed E-state index contributed by atoms with van der Waals surface area (Å²) in [6.45, 7) is 8.83. The molecule has 0 N–H and O–H groups in total. The number of likely N-dealkylation sites (tertiary alicyclic amines) is 1. The molecule has 2 amide bonds. The first-order chi connectivity index (χ1) is 10.6. The molecule has 0 spiro atoms. The molecule has 0 aromatic carbocycles. The Morgan fingerprint density at radius 3 is 2.45 bits per heavy atom. The molecule has 3 heterocycles. The van der Waals surface area contributed by atoms with E-state index in [0.717, 1.165) is 0 Å². The standard InChI is InChI=1S/C14H19N5O3/c1-3-12(20)19-8-11(9-19)13(21)17-4-6-18(7-5-17)14-15-10(2)16-22-14/h3,11H,1,4-9H2,2H3. The van der Waals surface area contributed by atoms with E-state index in [4.69, 9.17) is 4.52 Å². The number of piperazine rings is 1. The molecule has 8 nitrogen and oxygen atoms in total. The van der Waals surface area contributed by atoms with Gasteiger partial charge in [-0.3, -0.25) is 9.59 Å². The third-order valence-corrected chi connectivity index (χ3v) is 4.10. The Morgan fingerprint density at radius 2 is 1.91 bits per heavy atom. The highest BCUT2D eigenvalue weighted by molar-refractivity contribution is 5.90. The third-order valence-electron chi connectivity index (χ3n) is 4.10. The zero-order valence-corrected chi connectivity index (χ0v) is 12.6. The number of amides is 2. The fourth-order valence-corrected chi connectivity index (χ4v) is 2.73. The van der Waals surface area contributed by atoms with Gasteiger partial charge in [-0.1, -0.05) is 11.7 Å². The number of hydrogen-bond donors (Lipinski definition) is 0. The largest absolute Gasteiger partial charge is 0.339 e. The van der Waals surface area contributed by atoms with E-state index in [1.165, 1.54) is 6.08 Å². The predicted octanol–water partition coefficient (Wildman–Crippen LogP) is -0.329. The Kier molecular flexibility index (Phi) is 3.82. The highest BCUT2D eigenvalue weighted by Crippen LogP contribution is 2.20. The van der Waals surface area contributed by atoms with E-state index in [9.17, 15) is 9.59 Å². The molecule has 2 saturated heterocycles. The van der Waals surface area contributed by atoms with E-state index in [1.807, 2.05) is 9.80 Å². The maximum absolute atomic E-state index is 12.4. The number of carbonyl (C=O) groups is 2. The fraction of sp³-hybridized carbons (Fsp3) is 0.571.